The molecular weight excluding hydrogens is 345 g/mol. The zero-order chi connectivity index (χ0) is 9.84. The molecule has 0 fully saturated rings. The average Bonchev–Trinajstić information content (AvgIpc) is 2.09. The molecule has 0 aliphatic carbocycles. The van der Waals surface area contributed by atoms with Crippen molar-refractivity contribution < 1.29 is 4.79 Å². The third-order valence-corrected chi connectivity index (χ3v) is 2.87. The van der Waals surface area contributed by atoms with Crippen molar-refractivity contribution in [2.45, 2.75) is 6.92 Å². The summed E-state index contributed by atoms with van der Waals surface area (Å²) in [4.78, 5) is 11.1. The maximum absolute atomic E-state index is 11.1. The van der Waals surface area contributed by atoms with E-state index in [2.05, 4.69) is 21.2 Å². The molecule has 1 aromatic rings. The Morgan fingerprint density at radius 2 is 2.31 bits per heavy atom. The first-order valence-electron chi connectivity index (χ1n) is 3.75. The second-order valence-electron chi connectivity index (χ2n) is 2.67. The molecule has 1 N–H and O–H groups in total. The third kappa shape index (κ3) is 3.27. The van der Waals surface area contributed by atoms with Crippen LogP contribution in [-0.2, 0) is 4.79 Å². The van der Waals surface area contributed by atoms with Gasteiger partial charge in [-0.15, -0.1) is 0 Å². The molecule has 70 valence electrons. The van der Waals surface area contributed by atoms with Gasteiger partial charge < -0.3 is 5.32 Å². The normalized spacial score (nSPS) is 9.77. The fraction of sp³-hybridized carbons (Fsp3) is 0.222. The number of carbonyl (C=O) groups excluding carboxylic acids is 1. The first-order valence-corrected chi connectivity index (χ1v) is 6.07. The van der Waals surface area contributed by atoms with Crippen LogP contribution in [0.4, 0.5) is 5.69 Å². The Morgan fingerprint density at radius 3 is 2.85 bits per heavy atom. The summed E-state index contributed by atoms with van der Waals surface area (Å²) in [6, 6.07) is 5.83. The van der Waals surface area contributed by atoms with Gasteiger partial charge in [0, 0.05) is 4.47 Å². The fourth-order valence-electron chi connectivity index (χ4n) is 0.905. The van der Waals surface area contributed by atoms with Gasteiger partial charge in [0.2, 0.25) is 5.91 Å². The molecule has 0 bridgehead atoms. The monoisotopic (exact) mass is 353 g/mol. The van der Waals surface area contributed by atoms with Crippen molar-refractivity contribution in [2.75, 3.05) is 9.74 Å². The Hall–Kier alpha value is -0.100. The Balaban J connectivity index is 2.83. The lowest BCUT2D eigenvalue weighted by molar-refractivity contribution is -0.113. The number of anilines is 1. The molecule has 0 saturated heterocycles. The number of halogens is 2. The van der Waals surface area contributed by atoms with Crippen LogP contribution in [0, 0.1) is 6.92 Å². The van der Waals surface area contributed by atoms with Crippen molar-refractivity contribution in [1.29, 1.82) is 0 Å². The van der Waals surface area contributed by atoms with Crippen molar-refractivity contribution in [2.24, 2.45) is 0 Å². The molecule has 0 atom stereocenters. The number of amides is 1. The molecule has 1 aromatic carbocycles. The van der Waals surface area contributed by atoms with E-state index in [9.17, 15) is 4.79 Å². The first-order chi connectivity index (χ1) is 6.13. The quantitative estimate of drug-likeness (QED) is 0.642. The van der Waals surface area contributed by atoms with E-state index in [-0.39, 0.29) is 5.91 Å². The van der Waals surface area contributed by atoms with Gasteiger partial charge in [-0.05, 0) is 40.5 Å². The number of hydrogen-bond donors (Lipinski definition) is 1. The van der Waals surface area contributed by atoms with E-state index < -0.39 is 0 Å². The molecule has 0 radical (unpaired) electrons. The molecular formula is C9H9BrINO. The number of aryl methyl sites for hydroxylation is 1. The largest absolute Gasteiger partial charge is 0.324 e. The summed E-state index contributed by atoms with van der Waals surface area (Å²) in [6.45, 7) is 2.01. The molecule has 13 heavy (non-hydrogen) atoms. The van der Waals surface area contributed by atoms with Crippen LogP contribution in [0.3, 0.4) is 0 Å². The van der Waals surface area contributed by atoms with E-state index in [0.717, 1.165) is 10.2 Å². The maximum Gasteiger partial charge on any atom is 0.234 e. The highest BCUT2D eigenvalue weighted by Gasteiger charge is 2.03. The Morgan fingerprint density at radius 1 is 1.62 bits per heavy atom. The highest BCUT2D eigenvalue weighted by atomic mass is 127. The Kier molecular flexibility index (Phi) is 4.18. The minimum atomic E-state index is 0.0187. The van der Waals surface area contributed by atoms with Crippen molar-refractivity contribution in [3.8, 4) is 0 Å². The van der Waals surface area contributed by atoms with Gasteiger partial charge in [-0.2, -0.15) is 0 Å². The van der Waals surface area contributed by atoms with E-state index in [1.165, 1.54) is 5.56 Å². The van der Waals surface area contributed by atoms with Crippen LogP contribution in [-0.4, -0.2) is 10.3 Å². The van der Waals surface area contributed by atoms with E-state index in [4.69, 9.17) is 0 Å². The average molecular weight is 354 g/mol. The smallest absolute Gasteiger partial charge is 0.234 e. The van der Waals surface area contributed by atoms with Gasteiger partial charge in [0.25, 0.3) is 0 Å². The number of nitrogens with one attached hydrogen (secondary N) is 1. The molecule has 0 aliphatic rings. The zero-order valence-electron chi connectivity index (χ0n) is 7.10. The molecule has 1 rings (SSSR count). The van der Waals surface area contributed by atoms with Gasteiger partial charge in [0.15, 0.2) is 0 Å². The van der Waals surface area contributed by atoms with Crippen LogP contribution in [0.2, 0.25) is 0 Å². The SMILES string of the molecule is Cc1ccc(NC(=O)CI)c(Br)c1. The van der Waals surface area contributed by atoms with Crippen LogP contribution in [0.5, 0.6) is 0 Å². The molecule has 2 nitrogen and oxygen atoms in total. The van der Waals surface area contributed by atoms with Gasteiger partial charge in [-0.25, -0.2) is 0 Å². The molecule has 0 spiro atoms. The van der Waals surface area contributed by atoms with E-state index in [1.807, 2.05) is 47.7 Å². The third-order valence-electron chi connectivity index (χ3n) is 1.52. The van der Waals surface area contributed by atoms with E-state index in [0.29, 0.717) is 4.43 Å². The summed E-state index contributed by atoms with van der Waals surface area (Å²) >= 11 is 5.42. The van der Waals surface area contributed by atoms with Gasteiger partial charge in [0.1, 0.15) is 0 Å². The summed E-state index contributed by atoms with van der Waals surface area (Å²) < 4.78 is 1.39. The number of alkyl halides is 1. The zero-order valence-corrected chi connectivity index (χ0v) is 10.8. The second kappa shape index (κ2) is 4.95. The lowest BCUT2D eigenvalue weighted by atomic mass is 10.2. The molecule has 0 aromatic heterocycles. The van der Waals surface area contributed by atoms with Crippen LogP contribution >= 0.6 is 38.5 Å². The van der Waals surface area contributed by atoms with Gasteiger partial charge >= 0.3 is 0 Å². The van der Waals surface area contributed by atoms with Gasteiger partial charge in [0.05, 0.1) is 10.1 Å². The molecule has 1 amide bonds. The minimum absolute atomic E-state index is 0.0187. The van der Waals surface area contributed by atoms with Crippen LogP contribution in [0.25, 0.3) is 0 Å². The molecule has 4 heteroatoms. The Labute approximate surface area is 99.4 Å². The van der Waals surface area contributed by atoms with Gasteiger partial charge in [-0.1, -0.05) is 28.7 Å². The van der Waals surface area contributed by atoms with E-state index in [1.54, 1.807) is 0 Å². The summed E-state index contributed by atoms with van der Waals surface area (Å²) in [7, 11) is 0. The second-order valence-corrected chi connectivity index (χ2v) is 4.28. The number of benzene rings is 1. The van der Waals surface area contributed by atoms with Crippen LogP contribution in [0.1, 0.15) is 5.56 Å². The lowest BCUT2D eigenvalue weighted by Gasteiger charge is -2.05. The van der Waals surface area contributed by atoms with Crippen molar-refractivity contribution in [3.63, 3.8) is 0 Å². The van der Waals surface area contributed by atoms with Gasteiger partial charge in [-0.3, -0.25) is 4.79 Å². The lowest BCUT2D eigenvalue weighted by Crippen LogP contribution is -2.12. The standard InChI is InChI=1S/C9H9BrINO/c1-6-2-3-8(7(10)4-6)12-9(13)5-11/h2-4H,5H2,1H3,(H,12,13). The number of hydrogen-bond acceptors (Lipinski definition) is 1. The predicted molar refractivity (Wildman–Crippen MR) is 66.4 cm³/mol. The number of rotatable bonds is 2. The fourth-order valence-corrected chi connectivity index (χ4v) is 1.69. The first kappa shape index (κ1) is 11.0. The molecule has 0 aliphatic heterocycles. The van der Waals surface area contributed by atoms with E-state index >= 15 is 0 Å². The highest BCUT2D eigenvalue weighted by Crippen LogP contribution is 2.23. The van der Waals surface area contributed by atoms with Crippen LogP contribution < -0.4 is 5.32 Å². The summed E-state index contributed by atoms with van der Waals surface area (Å²) in [5.41, 5.74) is 1.99. The summed E-state index contributed by atoms with van der Waals surface area (Å²) in [6.07, 6.45) is 0. The van der Waals surface area contributed by atoms with Crippen molar-refractivity contribution in [1.82, 2.24) is 0 Å². The summed E-state index contributed by atoms with van der Waals surface area (Å²) in [5, 5.41) is 2.79. The molecule has 0 saturated carbocycles. The predicted octanol–water partition coefficient (Wildman–Crippen LogP) is 3.13. The molecule has 0 heterocycles. The topological polar surface area (TPSA) is 29.1 Å². The van der Waals surface area contributed by atoms with Crippen molar-refractivity contribution in [3.05, 3.63) is 28.2 Å². The molecule has 0 unspecified atom stereocenters. The van der Waals surface area contributed by atoms with Crippen molar-refractivity contribution >= 4 is 50.1 Å². The Bertz CT molecular complexity index is 327. The van der Waals surface area contributed by atoms with Crippen LogP contribution in [0.15, 0.2) is 22.7 Å². The summed E-state index contributed by atoms with van der Waals surface area (Å²) in [5.74, 6) is 0.0187. The highest BCUT2D eigenvalue weighted by molar-refractivity contribution is 14.1. The minimum Gasteiger partial charge on any atom is -0.324 e. The maximum atomic E-state index is 11.1. The number of carbonyl (C=O) groups is 1.